The van der Waals surface area contributed by atoms with Crippen LogP contribution in [0.3, 0.4) is 0 Å². The Balaban J connectivity index is 1.95. The normalized spacial score (nSPS) is 41.1. The van der Waals surface area contributed by atoms with E-state index in [-0.39, 0.29) is 14.9 Å². The van der Waals surface area contributed by atoms with E-state index in [9.17, 15) is 4.79 Å². The molecule has 3 heteroatoms. The molecule has 0 aromatic carbocycles. The molecule has 3 fully saturated rings. The Morgan fingerprint density at radius 2 is 1.35 bits per heavy atom. The molecule has 2 atom stereocenters. The molecule has 0 N–H and O–H groups in total. The smallest absolute Gasteiger partial charge is 0.148 e. The maximum Gasteiger partial charge on any atom is 0.148 e. The van der Waals surface area contributed by atoms with E-state index < -0.39 is 0 Å². The van der Waals surface area contributed by atoms with Crippen LogP contribution in [0.2, 0.25) is 0 Å². The van der Waals surface area contributed by atoms with Gasteiger partial charge >= 0.3 is 0 Å². The Kier molecular flexibility index (Phi) is 2.53. The third kappa shape index (κ3) is 1.28. The van der Waals surface area contributed by atoms with Crippen LogP contribution in [0.15, 0.2) is 0 Å². The molecule has 17 heavy (non-hydrogen) atoms. The van der Waals surface area contributed by atoms with Crippen molar-refractivity contribution in [3.8, 4) is 0 Å². The van der Waals surface area contributed by atoms with E-state index in [1.165, 1.54) is 25.7 Å². The summed E-state index contributed by atoms with van der Waals surface area (Å²) in [5.74, 6) is 0.462. The quantitative estimate of drug-likeness (QED) is 0.659. The number of hydrogen-bond donors (Lipinski definition) is 0. The zero-order valence-electron chi connectivity index (χ0n) is 11.2. The van der Waals surface area contributed by atoms with Crippen molar-refractivity contribution >= 4 is 29.3 Å². The van der Waals surface area contributed by atoms with Crippen molar-refractivity contribution in [2.45, 2.75) is 68.0 Å². The fourth-order valence-corrected chi connectivity index (χ4v) is 9.02. The molecule has 0 aromatic heterocycles. The molecule has 2 saturated carbocycles. The summed E-state index contributed by atoms with van der Waals surface area (Å²) in [5.41, 5.74) is -0.271. The van der Waals surface area contributed by atoms with E-state index in [2.05, 4.69) is 51.2 Å². The lowest BCUT2D eigenvalue weighted by Crippen LogP contribution is -2.70. The predicted octanol–water partition coefficient (Wildman–Crippen LogP) is 4.11. The Hall–Kier alpha value is 0.370. The van der Waals surface area contributed by atoms with Gasteiger partial charge in [-0.1, -0.05) is 40.5 Å². The van der Waals surface area contributed by atoms with Crippen molar-refractivity contribution in [2.75, 3.05) is 0 Å². The van der Waals surface area contributed by atoms with Gasteiger partial charge in [-0.05, 0) is 12.8 Å². The van der Waals surface area contributed by atoms with Crippen LogP contribution in [0.25, 0.3) is 0 Å². The Morgan fingerprint density at radius 3 is 1.76 bits per heavy atom. The van der Waals surface area contributed by atoms with Crippen LogP contribution in [0, 0.1) is 10.8 Å². The zero-order valence-corrected chi connectivity index (χ0v) is 12.8. The number of Topliss-reactive ketones (excluding diaryl/α,β-unsaturated/α-hetero) is 1. The Bertz CT molecular complexity index is 338. The third-order valence-electron chi connectivity index (χ3n) is 5.06. The van der Waals surface area contributed by atoms with E-state index in [4.69, 9.17) is 0 Å². The van der Waals surface area contributed by atoms with E-state index in [1.807, 2.05) is 0 Å². The molecule has 1 heterocycles. The van der Waals surface area contributed by atoms with Gasteiger partial charge in [-0.2, -0.15) is 0 Å². The van der Waals surface area contributed by atoms with Crippen LogP contribution >= 0.6 is 23.5 Å². The van der Waals surface area contributed by atoms with Gasteiger partial charge in [0.05, 0.1) is 4.08 Å². The molecule has 1 saturated heterocycles. The van der Waals surface area contributed by atoms with Gasteiger partial charge in [0.15, 0.2) is 0 Å². The number of rotatable bonds is 0. The highest BCUT2D eigenvalue weighted by Gasteiger charge is 2.76. The highest BCUT2D eigenvalue weighted by atomic mass is 32.2. The maximum absolute atomic E-state index is 12.3. The SMILES string of the molecule is CC1(C)C(=O)C(C)(C)C12S[C@@H]1CCCC[C@H]1S2. The zero-order chi connectivity index (χ0) is 12.5. The fraction of sp³-hybridized carbons (Fsp3) is 0.929. The van der Waals surface area contributed by atoms with Crippen molar-refractivity contribution in [1.82, 2.24) is 0 Å². The minimum Gasteiger partial charge on any atom is -0.298 e. The van der Waals surface area contributed by atoms with Gasteiger partial charge in [0, 0.05) is 21.3 Å². The van der Waals surface area contributed by atoms with Crippen LogP contribution in [-0.2, 0) is 4.79 Å². The van der Waals surface area contributed by atoms with E-state index in [1.54, 1.807) is 0 Å². The lowest BCUT2D eigenvalue weighted by molar-refractivity contribution is -0.152. The number of ketones is 1. The third-order valence-corrected chi connectivity index (χ3v) is 10.2. The molecule has 0 aromatic rings. The van der Waals surface area contributed by atoms with Crippen molar-refractivity contribution in [3.63, 3.8) is 0 Å². The van der Waals surface area contributed by atoms with Gasteiger partial charge in [-0.3, -0.25) is 4.79 Å². The molecule has 0 amide bonds. The van der Waals surface area contributed by atoms with E-state index in [0.29, 0.717) is 5.78 Å². The Labute approximate surface area is 113 Å². The number of carbonyl (C=O) groups is 1. The van der Waals surface area contributed by atoms with E-state index >= 15 is 0 Å². The second kappa shape index (κ2) is 3.47. The molecule has 3 rings (SSSR count). The average molecular weight is 270 g/mol. The molecule has 96 valence electrons. The number of fused-ring (bicyclic) bond motifs is 1. The lowest BCUT2D eigenvalue weighted by atomic mass is 9.53. The molecular weight excluding hydrogens is 248 g/mol. The highest BCUT2D eigenvalue weighted by Crippen LogP contribution is 2.76. The second-order valence-electron chi connectivity index (χ2n) is 6.79. The first-order valence-electron chi connectivity index (χ1n) is 6.73. The summed E-state index contributed by atoms with van der Waals surface area (Å²) in [4.78, 5) is 12.3. The molecule has 2 aliphatic carbocycles. The van der Waals surface area contributed by atoms with E-state index in [0.717, 1.165) is 10.5 Å². The van der Waals surface area contributed by atoms with Crippen molar-refractivity contribution in [1.29, 1.82) is 0 Å². The number of thioether (sulfide) groups is 2. The monoisotopic (exact) mass is 270 g/mol. The average Bonchev–Trinajstić information content (AvgIpc) is 2.69. The van der Waals surface area contributed by atoms with Gasteiger partial charge in [0.25, 0.3) is 0 Å². The van der Waals surface area contributed by atoms with Crippen LogP contribution in [0.5, 0.6) is 0 Å². The predicted molar refractivity (Wildman–Crippen MR) is 76.5 cm³/mol. The maximum atomic E-state index is 12.3. The first-order chi connectivity index (χ1) is 7.83. The molecule has 1 spiro atoms. The van der Waals surface area contributed by atoms with Crippen molar-refractivity contribution in [2.24, 2.45) is 10.8 Å². The van der Waals surface area contributed by atoms with Crippen LogP contribution < -0.4 is 0 Å². The lowest BCUT2D eigenvalue weighted by Gasteiger charge is -2.62. The van der Waals surface area contributed by atoms with Gasteiger partial charge in [-0.15, -0.1) is 23.5 Å². The van der Waals surface area contributed by atoms with Gasteiger partial charge < -0.3 is 0 Å². The summed E-state index contributed by atoms with van der Waals surface area (Å²) in [7, 11) is 0. The summed E-state index contributed by atoms with van der Waals surface area (Å²) in [6, 6.07) is 0. The number of hydrogen-bond acceptors (Lipinski definition) is 3. The van der Waals surface area contributed by atoms with Crippen molar-refractivity contribution in [3.05, 3.63) is 0 Å². The molecule has 1 aliphatic heterocycles. The topological polar surface area (TPSA) is 17.1 Å². The highest BCUT2D eigenvalue weighted by molar-refractivity contribution is 8.22. The largest absolute Gasteiger partial charge is 0.298 e. The summed E-state index contributed by atoms with van der Waals surface area (Å²) in [5, 5.41) is 1.61. The standard InChI is InChI=1S/C14H22OS2/c1-12(2)11(15)13(3,4)14(12)16-9-7-5-6-8-10(9)17-14/h9-10H,5-8H2,1-4H3/t9-,10-/m1/s1. The molecule has 0 unspecified atom stereocenters. The summed E-state index contributed by atoms with van der Waals surface area (Å²) in [6.45, 7) is 8.66. The molecule has 0 radical (unpaired) electrons. The first-order valence-corrected chi connectivity index (χ1v) is 8.49. The van der Waals surface area contributed by atoms with Crippen molar-refractivity contribution < 1.29 is 4.79 Å². The number of carbonyl (C=O) groups excluding carboxylic acids is 1. The minimum absolute atomic E-state index is 0.136. The van der Waals surface area contributed by atoms with Gasteiger partial charge in [-0.25, -0.2) is 0 Å². The van der Waals surface area contributed by atoms with Crippen LogP contribution in [-0.4, -0.2) is 20.4 Å². The molecular formula is C14H22OS2. The molecule has 1 nitrogen and oxygen atoms in total. The molecule has 3 aliphatic rings. The van der Waals surface area contributed by atoms with Crippen LogP contribution in [0.4, 0.5) is 0 Å². The first kappa shape index (κ1) is 12.4. The van der Waals surface area contributed by atoms with Gasteiger partial charge in [0.2, 0.25) is 0 Å². The molecule has 0 bridgehead atoms. The van der Waals surface area contributed by atoms with Gasteiger partial charge in [0.1, 0.15) is 5.78 Å². The summed E-state index contributed by atoms with van der Waals surface area (Å²) < 4.78 is 0.150. The van der Waals surface area contributed by atoms with Crippen LogP contribution in [0.1, 0.15) is 53.4 Å². The minimum atomic E-state index is -0.136. The Morgan fingerprint density at radius 1 is 0.941 bits per heavy atom. The fourth-order valence-electron chi connectivity index (χ4n) is 4.17. The summed E-state index contributed by atoms with van der Waals surface area (Å²) >= 11 is 4.29. The second-order valence-corrected chi connectivity index (χ2v) is 9.96. The summed E-state index contributed by atoms with van der Waals surface area (Å²) in [6.07, 6.45) is 5.51.